The van der Waals surface area contributed by atoms with Crippen molar-refractivity contribution >= 4 is 5.91 Å². The topological polar surface area (TPSA) is 46.3 Å². The molecule has 0 unspecified atom stereocenters. The Balaban J connectivity index is 2.35. The Hall–Kier alpha value is -0.570. The highest BCUT2D eigenvalue weighted by atomic mass is 16.2. The molecule has 1 fully saturated rings. The third kappa shape index (κ3) is 4.12. The molecule has 0 radical (unpaired) electrons. The van der Waals surface area contributed by atoms with Crippen LogP contribution in [-0.2, 0) is 4.79 Å². The summed E-state index contributed by atoms with van der Waals surface area (Å²) < 4.78 is 0. The first-order valence-corrected chi connectivity index (χ1v) is 6.78. The zero-order valence-corrected chi connectivity index (χ0v) is 10.6. The van der Waals surface area contributed by atoms with Crippen LogP contribution in [0.15, 0.2) is 0 Å². The van der Waals surface area contributed by atoms with Crippen molar-refractivity contribution in [2.75, 3.05) is 19.6 Å². The van der Waals surface area contributed by atoms with Crippen LogP contribution in [0.3, 0.4) is 0 Å². The first-order chi connectivity index (χ1) is 7.79. The van der Waals surface area contributed by atoms with Gasteiger partial charge in [0.1, 0.15) is 0 Å². The Morgan fingerprint density at radius 1 is 1.25 bits per heavy atom. The number of unbranched alkanes of at least 4 members (excludes halogenated alkanes) is 1. The second kappa shape index (κ2) is 7.66. The monoisotopic (exact) mass is 226 g/mol. The van der Waals surface area contributed by atoms with Crippen LogP contribution in [0.1, 0.15) is 51.9 Å². The summed E-state index contributed by atoms with van der Waals surface area (Å²) in [5.41, 5.74) is 5.47. The number of hydrogen-bond acceptors (Lipinski definition) is 2. The molecular weight excluding hydrogens is 200 g/mol. The molecule has 1 aliphatic carbocycles. The van der Waals surface area contributed by atoms with E-state index < -0.39 is 0 Å². The van der Waals surface area contributed by atoms with Crippen LogP contribution in [0.25, 0.3) is 0 Å². The summed E-state index contributed by atoms with van der Waals surface area (Å²) in [4.78, 5) is 14.2. The van der Waals surface area contributed by atoms with E-state index in [1.165, 1.54) is 19.3 Å². The van der Waals surface area contributed by atoms with E-state index in [1.54, 1.807) is 0 Å². The summed E-state index contributed by atoms with van der Waals surface area (Å²) in [7, 11) is 0. The number of hydrogen-bond donors (Lipinski definition) is 1. The molecule has 1 aliphatic rings. The van der Waals surface area contributed by atoms with Crippen molar-refractivity contribution < 1.29 is 4.79 Å². The third-order valence-corrected chi connectivity index (χ3v) is 3.53. The molecular formula is C13H26N2O. The summed E-state index contributed by atoms with van der Waals surface area (Å²) in [6, 6.07) is 0. The first-order valence-electron chi connectivity index (χ1n) is 6.78. The predicted molar refractivity (Wildman–Crippen MR) is 67.1 cm³/mol. The van der Waals surface area contributed by atoms with E-state index in [0.717, 1.165) is 45.3 Å². The fourth-order valence-electron chi connectivity index (χ4n) is 2.48. The number of rotatable bonds is 6. The maximum atomic E-state index is 12.2. The standard InChI is InChI=1S/C13H26N2O/c1-2-15(11-7-6-10-14)13(16)12-8-4-3-5-9-12/h12H,2-11,14H2,1H3. The van der Waals surface area contributed by atoms with Crippen LogP contribution in [0.2, 0.25) is 0 Å². The molecule has 1 amide bonds. The lowest BCUT2D eigenvalue weighted by molar-refractivity contribution is -0.136. The van der Waals surface area contributed by atoms with Gasteiger partial charge in [0.2, 0.25) is 5.91 Å². The van der Waals surface area contributed by atoms with E-state index in [0.29, 0.717) is 11.8 Å². The molecule has 0 aromatic heterocycles. The Bertz CT molecular complexity index is 200. The maximum absolute atomic E-state index is 12.2. The fourth-order valence-corrected chi connectivity index (χ4v) is 2.48. The van der Waals surface area contributed by atoms with Crippen molar-refractivity contribution in [3.8, 4) is 0 Å². The molecule has 0 bridgehead atoms. The quantitative estimate of drug-likeness (QED) is 0.705. The lowest BCUT2D eigenvalue weighted by atomic mass is 9.88. The van der Waals surface area contributed by atoms with Gasteiger partial charge in [0.25, 0.3) is 0 Å². The summed E-state index contributed by atoms with van der Waals surface area (Å²) >= 11 is 0. The van der Waals surface area contributed by atoms with Crippen LogP contribution in [0, 0.1) is 5.92 Å². The summed E-state index contributed by atoms with van der Waals surface area (Å²) in [6.07, 6.45) is 8.05. The van der Waals surface area contributed by atoms with Crippen LogP contribution >= 0.6 is 0 Å². The molecule has 0 atom stereocenters. The van der Waals surface area contributed by atoms with Crippen molar-refractivity contribution in [3.05, 3.63) is 0 Å². The lowest BCUT2D eigenvalue weighted by Gasteiger charge is -2.28. The average Bonchev–Trinajstić information content (AvgIpc) is 2.35. The summed E-state index contributed by atoms with van der Waals surface area (Å²) in [6.45, 7) is 4.54. The molecule has 0 saturated heterocycles. The number of amides is 1. The van der Waals surface area contributed by atoms with E-state index in [-0.39, 0.29) is 0 Å². The minimum Gasteiger partial charge on any atom is -0.343 e. The molecule has 0 aromatic carbocycles. The predicted octanol–water partition coefficient (Wildman–Crippen LogP) is 2.15. The zero-order valence-electron chi connectivity index (χ0n) is 10.6. The summed E-state index contributed by atoms with van der Waals surface area (Å²) in [5, 5.41) is 0. The number of nitrogens with two attached hydrogens (primary N) is 1. The summed E-state index contributed by atoms with van der Waals surface area (Å²) in [5.74, 6) is 0.700. The van der Waals surface area contributed by atoms with E-state index in [4.69, 9.17) is 5.73 Å². The van der Waals surface area contributed by atoms with Gasteiger partial charge in [0.05, 0.1) is 0 Å². The van der Waals surface area contributed by atoms with Crippen molar-refractivity contribution in [2.24, 2.45) is 11.7 Å². The highest BCUT2D eigenvalue weighted by Gasteiger charge is 2.24. The van der Waals surface area contributed by atoms with Crippen LogP contribution in [0.4, 0.5) is 0 Å². The van der Waals surface area contributed by atoms with E-state index in [1.807, 2.05) is 4.90 Å². The van der Waals surface area contributed by atoms with Crippen molar-refractivity contribution in [1.29, 1.82) is 0 Å². The van der Waals surface area contributed by atoms with Gasteiger partial charge in [-0.15, -0.1) is 0 Å². The Kier molecular flexibility index (Phi) is 6.46. The molecule has 0 heterocycles. The van der Waals surface area contributed by atoms with Gasteiger partial charge in [-0.05, 0) is 39.2 Å². The Morgan fingerprint density at radius 3 is 2.50 bits per heavy atom. The van der Waals surface area contributed by atoms with Gasteiger partial charge in [-0.3, -0.25) is 4.79 Å². The van der Waals surface area contributed by atoms with Crippen LogP contribution < -0.4 is 5.73 Å². The number of carbonyl (C=O) groups excluding carboxylic acids is 1. The van der Waals surface area contributed by atoms with Gasteiger partial charge in [-0.25, -0.2) is 0 Å². The second-order valence-electron chi connectivity index (χ2n) is 4.75. The van der Waals surface area contributed by atoms with Crippen LogP contribution in [0.5, 0.6) is 0 Å². The van der Waals surface area contributed by atoms with E-state index >= 15 is 0 Å². The number of nitrogens with zero attached hydrogens (tertiary/aromatic N) is 1. The largest absolute Gasteiger partial charge is 0.343 e. The zero-order chi connectivity index (χ0) is 11.8. The first kappa shape index (κ1) is 13.5. The molecule has 16 heavy (non-hydrogen) atoms. The third-order valence-electron chi connectivity index (χ3n) is 3.53. The lowest BCUT2D eigenvalue weighted by Crippen LogP contribution is -2.37. The fraction of sp³-hybridized carbons (Fsp3) is 0.923. The average molecular weight is 226 g/mol. The molecule has 94 valence electrons. The Labute approximate surface area is 99.4 Å². The minimum absolute atomic E-state index is 0.312. The molecule has 1 rings (SSSR count). The highest BCUT2D eigenvalue weighted by molar-refractivity contribution is 5.78. The molecule has 0 aliphatic heterocycles. The van der Waals surface area contributed by atoms with Gasteiger partial charge in [0.15, 0.2) is 0 Å². The van der Waals surface area contributed by atoms with Gasteiger partial charge in [-0.1, -0.05) is 19.3 Å². The van der Waals surface area contributed by atoms with E-state index in [9.17, 15) is 4.79 Å². The minimum atomic E-state index is 0.312. The van der Waals surface area contributed by atoms with Gasteiger partial charge in [-0.2, -0.15) is 0 Å². The smallest absolute Gasteiger partial charge is 0.225 e. The molecule has 1 saturated carbocycles. The van der Waals surface area contributed by atoms with Gasteiger partial charge in [0, 0.05) is 19.0 Å². The molecule has 2 N–H and O–H groups in total. The molecule has 0 aromatic rings. The normalized spacial score (nSPS) is 17.4. The molecule has 3 heteroatoms. The molecule has 3 nitrogen and oxygen atoms in total. The maximum Gasteiger partial charge on any atom is 0.225 e. The second-order valence-corrected chi connectivity index (χ2v) is 4.75. The van der Waals surface area contributed by atoms with Crippen molar-refractivity contribution in [3.63, 3.8) is 0 Å². The van der Waals surface area contributed by atoms with Gasteiger partial charge < -0.3 is 10.6 Å². The highest BCUT2D eigenvalue weighted by Crippen LogP contribution is 2.25. The van der Waals surface area contributed by atoms with Gasteiger partial charge >= 0.3 is 0 Å². The van der Waals surface area contributed by atoms with Crippen molar-refractivity contribution in [1.82, 2.24) is 4.90 Å². The number of carbonyl (C=O) groups is 1. The van der Waals surface area contributed by atoms with Crippen LogP contribution in [-0.4, -0.2) is 30.4 Å². The van der Waals surface area contributed by atoms with E-state index in [2.05, 4.69) is 6.92 Å². The SMILES string of the molecule is CCN(CCCCN)C(=O)C1CCCCC1. The van der Waals surface area contributed by atoms with Crippen molar-refractivity contribution in [2.45, 2.75) is 51.9 Å². The molecule has 0 spiro atoms. The Morgan fingerprint density at radius 2 is 1.94 bits per heavy atom.